The summed E-state index contributed by atoms with van der Waals surface area (Å²) in [6, 6.07) is 18.6. The Balaban J connectivity index is 1.77. The first-order chi connectivity index (χ1) is 14.8. The quantitative estimate of drug-likeness (QED) is 0.335. The van der Waals surface area contributed by atoms with Crippen LogP contribution in [-0.2, 0) is 19.9 Å². The molecular formula is C28H34O3. The van der Waals surface area contributed by atoms with Crippen molar-refractivity contribution in [2.24, 2.45) is 17.8 Å². The molecule has 1 fully saturated rings. The van der Waals surface area contributed by atoms with Gasteiger partial charge in [-0.05, 0) is 65.1 Å². The normalized spacial score (nSPS) is 23.7. The number of ether oxygens (including phenoxy) is 2. The maximum absolute atomic E-state index is 13.7. The largest absolute Gasteiger partial charge is 0.460 e. The van der Waals surface area contributed by atoms with Crippen LogP contribution in [0.1, 0.15) is 52.5 Å². The number of esters is 1. The number of carbonyl (C=O) groups excluding carboxylic acids is 1. The van der Waals surface area contributed by atoms with E-state index in [0.717, 1.165) is 34.6 Å². The molecule has 0 aromatic heterocycles. The van der Waals surface area contributed by atoms with Gasteiger partial charge in [-0.15, -0.1) is 0 Å². The van der Waals surface area contributed by atoms with Crippen LogP contribution in [0.3, 0.4) is 0 Å². The topological polar surface area (TPSA) is 35.5 Å². The average molecular weight is 419 g/mol. The van der Waals surface area contributed by atoms with Gasteiger partial charge < -0.3 is 9.47 Å². The Morgan fingerprint density at radius 1 is 1.00 bits per heavy atom. The molecule has 0 amide bonds. The maximum Gasteiger partial charge on any atom is 0.343 e. The zero-order valence-corrected chi connectivity index (χ0v) is 19.4. The van der Waals surface area contributed by atoms with Crippen molar-refractivity contribution >= 4 is 27.5 Å². The minimum absolute atomic E-state index is 0.0579. The van der Waals surface area contributed by atoms with Gasteiger partial charge in [-0.25, -0.2) is 4.79 Å². The molecular weight excluding hydrogens is 384 g/mol. The van der Waals surface area contributed by atoms with E-state index in [9.17, 15) is 4.79 Å². The van der Waals surface area contributed by atoms with Crippen molar-refractivity contribution < 1.29 is 14.3 Å². The Morgan fingerprint density at radius 2 is 1.65 bits per heavy atom. The third-order valence-corrected chi connectivity index (χ3v) is 7.30. The summed E-state index contributed by atoms with van der Waals surface area (Å²) in [6.45, 7) is 8.56. The number of hydrogen-bond donors (Lipinski definition) is 0. The first-order valence-electron chi connectivity index (χ1n) is 11.5. The first kappa shape index (κ1) is 21.8. The summed E-state index contributed by atoms with van der Waals surface area (Å²) in [7, 11) is 1.61. The second-order valence-corrected chi connectivity index (χ2v) is 9.70. The van der Waals surface area contributed by atoms with Crippen molar-refractivity contribution in [2.45, 2.75) is 58.7 Å². The standard InChI is InChI=1S/C28H34O3/c1-18(2)21-15-14-19(3)16-26(21)31-27(29)28(4,30-5)25-17-20-10-6-7-11-22(20)23-12-8-9-13-24(23)25/h6-13,17-19,21,26H,14-16H2,1-5H3/t19-,21+,26-,28?/m1/s1. The van der Waals surface area contributed by atoms with Crippen LogP contribution in [0.25, 0.3) is 21.5 Å². The lowest BCUT2D eigenvalue weighted by Crippen LogP contribution is -2.43. The number of benzene rings is 3. The second-order valence-electron chi connectivity index (χ2n) is 9.70. The fourth-order valence-electron chi connectivity index (χ4n) is 5.25. The molecule has 0 heterocycles. The van der Waals surface area contributed by atoms with Crippen molar-refractivity contribution in [3.63, 3.8) is 0 Å². The lowest BCUT2D eigenvalue weighted by Gasteiger charge is -2.39. The maximum atomic E-state index is 13.7. The molecule has 4 rings (SSSR count). The van der Waals surface area contributed by atoms with Crippen LogP contribution in [0.4, 0.5) is 0 Å². The van der Waals surface area contributed by atoms with Gasteiger partial charge in [-0.1, -0.05) is 75.7 Å². The number of carbonyl (C=O) groups is 1. The minimum Gasteiger partial charge on any atom is -0.460 e. The molecule has 1 aliphatic carbocycles. The van der Waals surface area contributed by atoms with E-state index < -0.39 is 5.60 Å². The van der Waals surface area contributed by atoms with Crippen molar-refractivity contribution in [2.75, 3.05) is 7.11 Å². The molecule has 3 nitrogen and oxygen atoms in total. The summed E-state index contributed by atoms with van der Waals surface area (Å²) in [6.07, 6.45) is 3.18. The van der Waals surface area contributed by atoms with E-state index >= 15 is 0 Å². The molecule has 3 aromatic carbocycles. The zero-order valence-electron chi connectivity index (χ0n) is 19.4. The predicted molar refractivity (Wildman–Crippen MR) is 127 cm³/mol. The number of fused-ring (bicyclic) bond motifs is 3. The van der Waals surface area contributed by atoms with Crippen LogP contribution in [0.5, 0.6) is 0 Å². The molecule has 4 atom stereocenters. The summed E-state index contributed by atoms with van der Waals surface area (Å²) in [5.74, 6) is 1.17. The summed E-state index contributed by atoms with van der Waals surface area (Å²) >= 11 is 0. The van der Waals surface area contributed by atoms with E-state index in [4.69, 9.17) is 9.47 Å². The number of rotatable bonds is 5. The van der Waals surface area contributed by atoms with Crippen LogP contribution in [0, 0.1) is 17.8 Å². The van der Waals surface area contributed by atoms with Gasteiger partial charge in [0.25, 0.3) is 0 Å². The molecule has 31 heavy (non-hydrogen) atoms. The molecule has 1 unspecified atom stereocenters. The number of hydrogen-bond acceptors (Lipinski definition) is 3. The molecule has 0 saturated heterocycles. The SMILES string of the molecule is COC(C)(C(=O)O[C@@H]1C[C@H](C)CC[C@H]1C(C)C)c1cc2ccccc2c2ccccc12. The van der Waals surface area contributed by atoms with E-state index in [2.05, 4.69) is 57.2 Å². The zero-order chi connectivity index (χ0) is 22.2. The van der Waals surface area contributed by atoms with Gasteiger partial charge >= 0.3 is 5.97 Å². The van der Waals surface area contributed by atoms with Gasteiger partial charge in [-0.3, -0.25) is 0 Å². The molecule has 164 valence electrons. The number of methoxy groups -OCH3 is 1. The van der Waals surface area contributed by atoms with E-state index in [1.807, 2.05) is 25.1 Å². The highest BCUT2D eigenvalue weighted by molar-refractivity contribution is 6.10. The molecule has 0 aliphatic heterocycles. The van der Waals surface area contributed by atoms with Crippen LogP contribution in [-0.4, -0.2) is 19.2 Å². The highest BCUT2D eigenvalue weighted by Gasteiger charge is 2.42. The van der Waals surface area contributed by atoms with Crippen molar-refractivity contribution in [3.8, 4) is 0 Å². The smallest absolute Gasteiger partial charge is 0.343 e. The van der Waals surface area contributed by atoms with E-state index in [-0.39, 0.29) is 12.1 Å². The summed E-state index contributed by atoms with van der Waals surface area (Å²) in [4.78, 5) is 13.7. The van der Waals surface area contributed by atoms with Crippen LogP contribution < -0.4 is 0 Å². The van der Waals surface area contributed by atoms with E-state index in [1.54, 1.807) is 7.11 Å². The highest BCUT2D eigenvalue weighted by Crippen LogP contribution is 2.40. The molecule has 3 heteroatoms. The van der Waals surface area contributed by atoms with Gasteiger partial charge in [0.2, 0.25) is 0 Å². The Bertz CT molecular complexity index is 1090. The Labute approximate surface area is 185 Å². The Kier molecular flexibility index (Phi) is 6.07. The average Bonchev–Trinajstić information content (AvgIpc) is 2.77. The molecule has 1 aliphatic rings. The van der Waals surface area contributed by atoms with Gasteiger partial charge in [-0.2, -0.15) is 0 Å². The Morgan fingerprint density at radius 3 is 2.32 bits per heavy atom. The molecule has 0 bridgehead atoms. The Hall–Kier alpha value is -2.39. The van der Waals surface area contributed by atoms with E-state index in [1.165, 1.54) is 11.8 Å². The second kappa shape index (κ2) is 8.63. The highest BCUT2D eigenvalue weighted by atomic mass is 16.6. The molecule has 0 N–H and O–H groups in total. The molecule has 0 spiro atoms. The molecule has 0 radical (unpaired) electrons. The van der Waals surface area contributed by atoms with Gasteiger partial charge in [0.15, 0.2) is 5.60 Å². The van der Waals surface area contributed by atoms with Crippen LogP contribution >= 0.6 is 0 Å². The lowest BCUT2D eigenvalue weighted by molar-refractivity contribution is -0.180. The summed E-state index contributed by atoms with van der Waals surface area (Å²) in [5, 5.41) is 4.42. The van der Waals surface area contributed by atoms with Gasteiger partial charge in [0.05, 0.1) is 0 Å². The molecule has 3 aromatic rings. The van der Waals surface area contributed by atoms with Gasteiger partial charge in [0, 0.05) is 12.7 Å². The van der Waals surface area contributed by atoms with Gasteiger partial charge in [0.1, 0.15) is 6.10 Å². The van der Waals surface area contributed by atoms with Crippen molar-refractivity contribution in [3.05, 3.63) is 60.2 Å². The van der Waals surface area contributed by atoms with Crippen LogP contribution in [0.15, 0.2) is 54.6 Å². The summed E-state index contributed by atoms with van der Waals surface area (Å²) < 4.78 is 12.2. The third-order valence-electron chi connectivity index (χ3n) is 7.30. The third kappa shape index (κ3) is 3.96. The minimum atomic E-state index is -1.17. The van der Waals surface area contributed by atoms with Crippen molar-refractivity contribution in [1.29, 1.82) is 0 Å². The first-order valence-corrected chi connectivity index (χ1v) is 11.5. The molecule has 1 saturated carbocycles. The van der Waals surface area contributed by atoms with Crippen LogP contribution in [0.2, 0.25) is 0 Å². The fourth-order valence-corrected chi connectivity index (χ4v) is 5.25. The van der Waals surface area contributed by atoms with Crippen molar-refractivity contribution in [1.82, 2.24) is 0 Å². The fraction of sp³-hybridized carbons (Fsp3) is 0.464. The van der Waals surface area contributed by atoms with E-state index in [0.29, 0.717) is 17.8 Å². The predicted octanol–water partition coefficient (Wildman–Crippen LogP) is 6.86. The summed E-state index contributed by atoms with van der Waals surface area (Å²) in [5.41, 5.74) is -0.314. The monoisotopic (exact) mass is 418 g/mol. The lowest BCUT2D eigenvalue weighted by atomic mass is 9.75.